The Labute approximate surface area is 174 Å². The van der Waals surface area contributed by atoms with E-state index in [2.05, 4.69) is 58.5 Å². The van der Waals surface area contributed by atoms with Gasteiger partial charge >= 0.3 is 0 Å². The molecule has 6 nitrogen and oxygen atoms in total. The molecular weight excluding hydrogens is 441 g/mol. The minimum atomic E-state index is -0.215. The number of piperidine rings is 1. The summed E-state index contributed by atoms with van der Waals surface area (Å²) >= 11 is 0. The van der Waals surface area contributed by atoms with Crippen molar-refractivity contribution in [3.8, 4) is 0 Å². The van der Waals surface area contributed by atoms with Crippen LogP contribution in [0, 0.1) is 5.92 Å². The fourth-order valence-electron chi connectivity index (χ4n) is 3.44. The molecule has 0 aromatic heterocycles. The van der Waals surface area contributed by atoms with Crippen LogP contribution in [0.1, 0.15) is 30.4 Å². The summed E-state index contributed by atoms with van der Waals surface area (Å²) in [4.78, 5) is 20.1. The van der Waals surface area contributed by atoms with E-state index in [4.69, 9.17) is 5.73 Å². The van der Waals surface area contributed by atoms with E-state index in [-0.39, 0.29) is 29.9 Å². The smallest absolute Gasteiger partial charge is 0.217 e. The van der Waals surface area contributed by atoms with Crippen molar-refractivity contribution in [3.63, 3.8) is 0 Å². The fourth-order valence-corrected chi connectivity index (χ4v) is 3.44. The van der Waals surface area contributed by atoms with Crippen LogP contribution in [0.5, 0.6) is 0 Å². The van der Waals surface area contributed by atoms with Crippen LogP contribution in [-0.4, -0.2) is 55.9 Å². The zero-order valence-corrected chi connectivity index (χ0v) is 18.4. The summed E-state index contributed by atoms with van der Waals surface area (Å²) in [5, 5.41) is 3.48. The van der Waals surface area contributed by atoms with Crippen molar-refractivity contribution in [1.29, 1.82) is 0 Å². The first-order valence-electron chi connectivity index (χ1n) is 8.95. The third-order valence-electron chi connectivity index (χ3n) is 4.56. The van der Waals surface area contributed by atoms with E-state index in [1.54, 1.807) is 0 Å². The van der Waals surface area contributed by atoms with Gasteiger partial charge in [-0.05, 0) is 44.0 Å². The molecule has 0 bridgehead atoms. The number of hydrogen-bond acceptors (Lipinski definition) is 3. The fraction of sp³-hybridized carbons (Fsp3) is 0.579. The molecule has 146 valence electrons. The summed E-state index contributed by atoms with van der Waals surface area (Å²) in [6.45, 7) is 3.46. The molecule has 1 amide bonds. The van der Waals surface area contributed by atoms with Gasteiger partial charge in [0.25, 0.3) is 0 Å². The number of nitrogens with one attached hydrogen (secondary N) is 1. The molecule has 2 rings (SSSR count). The quantitative estimate of drug-likeness (QED) is 0.377. The first kappa shape index (κ1) is 22.7. The lowest BCUT2D eigenvalue weighted by Gasteiger charge is -2.34. The average Bonchev–Trinajstić information content (AvgIpc) is 2.56. The average molecular weight is 473 g/mol. The molecular formula is C19H32IN5O. The summed E-state index contributed by atoms with van der Waals surface area (Å²) in [5.41, 5.74) is 7.96. The topological polar surface area (TPSA) is 74.0 Å². The number of primary amides is 1. The van der Waals surface area contributed by atoms with Crippen molar-refractivity contribution in [2.45, 2.75) is 32.4 Å². The van der Waals surface area contributed by atoms with E-state index < -0.39 is 0 Å². The van der Waals surface area contributed by atoms with Crippen LogP contribution in [0.2, 0.25) is 0 Å². The molecule has 1 heterocycles. The van der Waals surface area contributed by atoms with Crippen LogP contribution >= 0.6 is 24.0 Å². The number of carbonyl (C=O) groups is 1. The van der Waals surface area contributed by atoms with Gasteiger partial charge in [-0.2, -0.15) is 0 Å². The lowest BCUT2D eigenvalue weighted by Crippen LogP contribution is -2.47. The molecule has 0 saturated carbocycles. The van der Waals surface area contributed by atoms with Crippen LogP contribution in [0.15, 0.2) is 29.3 Å². The number of rotatable bonds is 6. The molecule has 1 aromatic carbocycles. The normalized spacial score (nSPS) is 17.8. The second-order valence-electron chi connectivity index (χ2n) is 7.03. The van der Waals surface area contributed by atoms with Gasteiger partial charge in [-0.15, -0.1) is 24.0 Å². The van der Waals surface area contributed by atoms with Crippen molar-refractivity contribution >= 4 is 35.8 Å². The predicted octanol–water partition coefficient (Wildman–Crippen LogP) is 2.03. The van der Waals surface area contributed by atoms with E-state index >= 15 is 0 Å². The van der Waals surface area contributed by atoms with E-state index in [0.29, 0.717) is 12.3 Å². The highest BCUT2D eigenvalue weighted by atomic mass is 127. The predicted molar refractivity (Wildman–Crippen MR) is 118 cm³/mol. The van der Waals surface area contributed by atoms with Gasteiger partial charge in [-0.25, -0.2) is 0 Å². The molecule has 1 aliphatic heterocycles. The Bertz CT molecular complexity index is 605. The van der Waals surface area contributed by atoms with Gasteiger partial charge in [0.05, 0.1) is 0 Å². The summed E-state index contributed by atoms with van der Waals surface area (Å²) < 4.78 is 0. The molecule has 1 fully saturated rings. The van der Waals surface area contributed by atoms with Crippen molar-refractivity contribution in [2.75, 3.05) is 34.2 Å². The third kappa shape index (κ3) is 7.11. The standard InChI is InChI=1S/C19H31N5O.HI/c1-21-19(24-10-6-7-15(13-24)11-18(20)25)22-12-16-8-4-5-9-17(16)14-23(2)3;/h4-5,8-9,15H,6-7,10-14H2,1-3H3,(H2,20,25)(H,21,22);1H. The van der Waals surface area contributed by atoms with Crippen molar-refractivity contribution in [3.05, 3.63) is 35.4 Å². The summed E-state index contributed by atoms with van der Waals surface area (Å²) in [7, 11) is 5.97. The number of likely N-dealkylation sites (tertiary alicyclic amines) is 1. The van der Waals surface area contributed by atoms with Gasteiger partial charge in [-0.1, -0.05) is 24.3 Å². The largest absolute Gasteiger partial charge is 0.370 e. The minimum absolute atomic E-state index is 0. The number of hydrogen-bond donors (Lipinski definition) is 2. The Morgan fingerprint density at radius 2 is 2.04 bits per heavy atom. The lowest BCUT2D eigenvalue weighted by molar-refractivity contribution is -0.119. The Morgan fingerprint density at radius 3 is 2.65 bits per heavy atom. The zero-order chi connectivity index (χ0) is 18.2. The van der Waals surface area contributed by atoms with E-state index in [0.717, 1.165) is 45.0 Å². The number of nitrogens with two attached hydrogens (primary N) is 1. The number of halogens is 1. The number of guanidine groups is 1. The molecule has 3 N–H and O–H groups in total. The monoisotopic (exact) mass is 473 g/mol. The molecule has 0 radical (unpaired) electrons. The Hall–Kier alpha value is -1.35. The summed E-state index contributed by atoms with van der Waals surface area (Å²) in [6.07, 6.45) is 2.58. The van der Waals surface area contributed by atoms with E-state index in [9.17, 15) is 4.79 Å². The maximum atomic E-state index is 11.2. The second kappa shape index (κ2) is 11.4. The molecule has 7 heteroatoms. The first-order chi connectivity index (χ1) is 12.0. The number of carbonyl (C=O) groups excluding carboxylic acids is 1. The Morgan fingerprint density at radius 1 is 1.35 bits per heavy atom. The molecule has 1 aromatic rings. The highest BCUT2D eigenvalue weighted by Crippen LogP contribution is 2.19. The van der Waals surface area contributed by atoms with Crippen molar-refractivity contribution in [2.24, 2.45) is 16.6 Å². The zero-order valence-electron chi connectivity index (χ0n) is 16.1. The van der Waals surface area contributed by atoms with Crippen LogP contribution in [0.25, 0.3) is 0 Å². The van der Waals surface area contributed by atoms with Gasteiger partial charge < -0.3 is 20.9 Å². The van der Waals surface area contributed by atoms with Crippen LogP contribution in [0.4, 0.5) is 0 Å². The van der Waals surface area contributed by atoms with E-state index in [1.807, 2.05) is 7.05 Å². The highest BCUT2D eigenvalue weighted by Gasteiger charge is 2.23. The molecule has 0 aliphatic carbocycles. The Balaban J connectivity index is 0.00000338. The maximum Gasteiger partial charge on any atom is 0.217 e. The number of benzene rings is 1. The summed E-state index contributed by atoms with van der Waals surface area (Å²) in [6, 6.07) is 8.48. The summed E-state index contributed by atoms with van der Waals surface area (Å²) in [5.74, 6) is 1.01. The number of aliphatic imine (C=N–C) groups is 1. The van der Waals surface area contributed by atoms with Gasteiger partial charge in [0.15, 0.2) is 5.96 Å². The van der Waals surface area contributed by atoms with Gasteiger partial charge in [0, 0.05) is 39.6 Å². The molecule has 0 spiro atoms. The van der Waals surface area contributed by atoms with Gasteiger partial charge in [-0.3, -0.25) is 9.79 Å². The van der Waals surface area contributed by atoms with Crippen molar-refractivity contribution in [1.82, 2.24) is 15.1 Å². The third-order valence-corrected chi connectivity index (χ3v) is 4.56. The second-order valence-corrected chi connectivity index (χ2v) is 7.03. The van der Waals surface area contributed by atoms with Crippen LogP contribution < -0.4 is 11.1 Å². The van der Waals surface area contributed by atoms with Gasteiger partial charge in [0.2, 0.25) is 5.91 Å². The lowest BCUT2D eigenvalue weighted by atomic mass is 9.95. The SMILES string of the molecule is CN=C(NCc1ccccc1CN(C)C)N1CCCC(CC(N)=O)C1.I. The molecule has 1 atom stereocenters. The first-order valence-corrected chi connectivity index (χ1v) is 8.95. The molecule has 1 aliphatic rings. The van der Waals surface area contributed by atoms with Gasteiger partial charge in [0.1, 0.15) is 0 Å². The number of amides is 1. The van der Waals surface area contributed by atoms with Crippen molar-refractivity contribution < 1.29 is 4.79 Å². The molecule has 26 heavy (non-hydrogen) atoms. The van der Waals surface area contributed by atoms with Crippen LogP contribution in [0.3, 0.4) is 0 Å². The molecule has 1 saturated heterocycles. The van der Waals surface area contributed by atoms with Crippen LogP contribution in [-0.2, 0) is 17.9 Å². The van der Waals surface area contributed by atoms with E-state index in [1.165, 1.54) is 11.1 Å². The Kier molecular flexibility index (Phi) is 9.93. The highest BCUT2D eigenvalue weighted by molar-refractivity contribution is 14.0. The minimum Gasteiger partial charge on any atom is -0.370 e. The molecule has 1 unspecified atom stereocenters. The number of nitrogens with zero attached hydrogens (tertiary/aromatic N) is 3. The maximum absolute atomic E-state index is 11.2.